The summed E-state index contributed by atoms with van der Waals surface area (Å²) in [7, 11) is 0. The van der Waals surface area contributed by atoms with Gasteiger partial charge in [0.05, 0.1) is 25.3 Å². The highest BCUT2D eigenvalue weighted by atomic mass is 19.4. The molecule has 0 saturated carbocycles. The maximum absolute atomic E-state index is 12.5. The van der Waals surface area contributed by atoms with Crippen molar-refractivity contribution in [3.8, 4) is 17.2 Å². The minimum atomic E-state index is -4.37. The number of nitrogens with one attached hydrogen (secondary N) is 1. The lowest BCUT2D eigenvalue weighted by atomic mass is 10.1. The number of fused-ring (bicyclic) bond motifs is 1. The van der Waals surface area contributed by atoms with Gasteiger partial charge in [-0.05, 0) is 48.4 Å². The molecular formula is C21H22F3NO4. The van der Waals surface area contributed by atoms with Crippen LogP contribution < -0.4 is 19.5 Å². The number of carbonyl (C=O) groups is 1. The van der Waals surface area contributed by atoms with E-state index in [-0.39, 0.29) is 19.1 Å². The summed E-state index contributed by atoms with van der Waals surface area (Å²) in [6.07, 6.45) is -2.67. The molecule has 2 aromatic carbocycles. The Balaban J connectivity index is 1.37. The average molecular weight is 409 g/mol. The van der Waals surface area contributed by atoms with Gasteiger partial charge in [-0.15, -0.1) is 0 Å². The molecule has 2 aromatic rings. The summed E-state index contributed by atoms with van der Waals surface area (Å²) in [5, 5.41) is 2.73. The SMILES string of the molecule is O=C(CCc1ccc2c(c1)OCCCO2)NCCOc1ccc(C(F)(F)F)cc1. The maximum Gasteiger partial charge on any atom is 0.416 e. The number of hydrogen-bond acceptors (Lipinski definition) is 4. The van der Waals surface area contributed by atoms with E-state index in [0.717, 1.165) is 29.9 Å². The molecule has 29 heavy (non-hydrogen) atoms. The highest BCUT2D eigenvalue weighted by molar-refractivity contribution is 5.76. The van der Waals surface area contributed by atoms with Gasteiger partial charge in [-0.2, -0.15) is 13.2 Å². The summed E-state index contributed by atoms with van der Waals surface area (Å²) in [5.74, 6) is 1.61. The van der Waals surface area contributed by atoms with Gasteiger partial charge in [-0.3, -0.25) is 4.79 Å². The predicted octanol–water partition coefficient (Wildman–Crippen LogP) is 3.99. The number of halogens is 3. The Bertz CT molecular complexity index is 822. The Kier molecular flexibility index (Phi) is 6.85. The standard InChI is InChI=1S/C21H22F3NO4/c22-21(23,24)16-4-6-17(7-5-16)27-13-10-25-20(26)9-3-15-2-8-18-19(14-15)29-12-1-11-28-18/h2,4-8,14H,1,3,9-13H2,(H,25,26). The van der Waals surface area contributed by atoms with Crippen molar-refractivity contribution in [3.05, 3.63) is 53.6 Å². The van der Waals surface area contributed by atoms with Crippen molar-refractivity contribution in [2.75, 3.05) is 26.4 Å². The molecule has 0 fully saturated rings. The molecule has 0 spiro atoms. The zero-order chi connectivity index (χ0) is 20.7. The highest BCUT2D eigenvalue weighted by Crippen LogP contribution is 2.31. The first-order valence-corrected chi connectivity index (χ1v) is 9.37. The molecule has 0 unspecified atom stereocenters. The highest BCUT2D eigenvalue weighted by Gasteiger charge is 2.30. The van der Waals surface area contributed by atoms with E-state index in [1.54, 1.807) is 0 Å². The zero-order valence-corrected chi connectivity index (χ0v) is 15.8. The smallest absolute Gasteiger partial charge is 0.416 e. The molecule has 1 N–H and O–H groups in total. The molecule has 0 saturated heterocycles. The van der Waals surface area contributed by atoms with Crippen LogP contribution in [0.25, 0.3) is 0 Å². The number of aryl methyl sites for hydroxylation is 1. The summed E-state index contributed by atoms with van der Waals surface area (Å²) >= 11 is 0. The van der Waals surface area contributed by atoms with Crippen LogP contribution in [0.3, 0.4) is 0 Å². The normalized spacial score (nSPS) is 13.5. The van der Waals surface area contributed by atoms with E-state index < -0.39 is 11.7 Å². The summed E-state index contributed by atoms with van der Waals surface area (Å²) in [4.78, 5) is 12.0. The zero-order valence-electron chi connectivity index (χ0n) is 15.8. The number of amides is 1. The topological polar surface area (TPSA) is 56.8 Å². The van der Waals surface area contributed by atoms with Gasteiger partial charge in [0.25, 0.3) is 0 Å². The number of hydrogen-bond donors (Lipinski definition) is 1. The van der Waals surface area contributed by atoms with Gasteiger partial charge < -0.3 is 19.5 Å². The molecule has 0 atom stereocenters. The van der Waals surface area contributed by atoms with Crippen molar-refractivity contribution in [1.82, 2.24) is 5.32 Å². The van der Waals surface area contributed by atoms with Gasteiger partial charge in [-0.1, -0.05) is 6.07 Å². The van der Waals surface area contributed by atoms with Gasteiger partial charge in [-0.25, -0.2) is 0 Å². The molecule has 1 heterocycles. The molecule has 1 amide bonds. The van der Waals surface area contributed by atoms with Crippen molar-refractivity contribution < 1.29 is 32.2 Å². The Morgan fingerprint density at radius 2 is 1.76 bits per heavy atom. The van der Waals surface area contributed by atoms with Crippen molar-refractivity contribution in [2.24, 2.45) is 0 Å². The number of carbonyl (C=O) groups excluding carboxylic acids is 1. The van der Waals surface area contributed by atoms with E-state index in [4.69, 9.17) is 14.2 Å². The van der Waals surface area contributed by atoms with Crippen molar-refractivity contribution in [3.63, 3.8) is 0 Å². The van der Waals surface area contributed by atoms with Crippen LogP contribution in [-0.4, -0.2) is 32.3 Å². The lowest BCUT2D eigenvalue weighted by Crippen LogP contribution is -2.28. The first kappa shape index (κ1) is 20.8. The van der Waals surface area contributed by atoms with E-state index in [9.17, 15) is 18.0 Å². The number of alkyl halides is 3. The Hall–Kier alpha value is -2.90. The number of benzene rings is 2. The monoisotopic (exact) mass is 409 g/mol. The van der Waals surface area contributed by atoms with Crippen LogP contribution in [0, 0.1) is 0 Å². The third-order valence-electron chi connectivity index (χ3n) is 4.33. The van der Waals surface area contributed by atoms with E-state index in [1.165, 1.54) is 12.1 Å². The molecule has 1 aliphatic heterocycles. The van der Waals surface area contributed by atoms with Crippen LogP contribution in [0.4, 0.5) is 13.2 Å². The molecule has 0 aromatic heterocycles. The minimum Gasteiger partial charge on any atom is -0.492 e. The first-order chi connectivity index (χ1) is 13.9. The predicted molar refractivity (Wildman–Crippen MR) is 100 cm³/mol. The Morgan fingerprint density at radius 1 is 1.03 bits per heavy atom. The van der Waals surface area contributed by atoms with E-state index in [1.807, 2.05) is 18.2 Å². The summed E-state index contributed by atoms with van der Waals surface area (Å²) in [6, 6.07) is 10.1. The van der Waals surface area contributed by atoms with Crippen molar-refractivity contribution in [1.29, 1.82) is 0 Å². The van der Waals surface area contributed by atoms with Gasteiger partial charge in [0.1, 0.15) is 12.4 Å². The molecule has 0 radical (unpaired) electrons. The second kappa shape index (κ2) is 9.54. The van der Waals surface area contributed by atoms with E-state index >= 15 is 0 Å². The maximum atomic E-state index is 12.5. The summed E-state index contributed by atoms with van der Waals surface area (Å²) < 4.78 is 54.1. The number of ether oxygens (including phenoxy) is 3. The first-order valence-electron chi connectivity index (χ1n) is 9.37. The molecular weight excluding hydrogens is 387 g/mol. The van der Waals surface area contributed by atoms with Crippen molar-refractivity contribution >= 4 is 5.91 Å². The molecule has 0 bridgehead atoms. The second-order valence-electron chi connectivity index (χ2n) is 6.55. The molecule has 0 aliphatic carbocycles. The fourth-order valence-corrected chi connectivity index (χ4v) is 2.81. The van der Waals surface area contributed by atoms with Gasteiger partial charge in [0.15, 0.2) is 11.5 Å². The largest absolute Gasteiger partial charge is 0.492 e. The minimum absolute atomic E-state index is 0.131. The van der Waals surface area contributed by atoms with E-state index in [2.05, 4.69) is 5.32 Å². The van der Waals surface area contributed by atoms with Gasteiger partial charge >= 0.3 is 6.18 Å². The Labute approximate surface area is 166 Å². The van der Waals surface area contributed by atoms with Crippen LogP contribution in [0.5, 0.6) is 17.2 Å². The summed E-state index contributed by atoms with van der Waals surface area (Å²) in [6.45, 7) is 1.67. The van der Waals surface area contributed by atoms with Crippen LogP contribution in [-0.2, 0) is 17.4 Å². The van der Waals surface area contributed by atoms with E-state index in [0.29, 0.717) is 37.6 Å². The summed E-state index contributed by atoms with van der Waals surface area (Å²) in [5.41, 5.74) is 0.248. The quantitative estimate of drug-likeness (QED) is 0.703. The van der Waals surface area contributed by atoms with Crippen LogP contribution in [0.15, 0.2) is 42.5 Å². The molecule has 5 nitrogen and oxygen atoms in total. The van der Waals surface area contributed by atoms with Crippen LogP contribution >= 0.6 is 0 Å². The molecule has 3 rings (SSSR count). The lowest BCUT2D eigenvalue weighted by molar-refractivity contribution is -0.137. The van der Waals surface area contributed by atoms with Gasteiger partial charge in [0, 0.05) is 12.8 Å². The fraction of sp³-hybridized carbons (Fsp3) is 0.381. The second-order valence-corrected chi connectivity index (χ2v) is 6.55. The van der Waals surface area contributed by atoms with Crippen LogP contribution in [0.2, 0.25) is 0 Å². The molecule has 1 aliphatic rings. The van der Waals surface area contributed by atoms with Crippen molar-refractivity contribution in [2.45, 2.75) is 25.4 Å². The molecule has 156 valence electrons. The fourth-order valence-electron chi connectivity index (χ4n) is 2.81. The number of rotatable bonds is 7. The third-order valence-corrected chi connectivity index (χ3v) is 4.33. The lowest BCUT2D eigenvalue weighted by Gasteiger charge is -2.11. The third kappa shape index (κ3) is 6.30. The van der Waals surface area contributed by atoms with Gasteiger partial charge in [0.2, 0.25) is 5.91 Å². The average Bonchev–Trinajstić information content (AvgIpc) is 2.94. The Morgan fingerprint density at radius 3 is 2.48 bits per heavy atom. The molecule has 8 heteroatoms. The van der Waals surface area contributed by atoms with Crippen LogP contribution in [0.1, 0.15) is 24.0 Å².